The number of methoxy groups -OCH3 is 3. The van der Waals surface area contributed by atoms with Gasteiger partial charge in [0, 0.05) is 26.9 Å². The molecule has 5 aromatic carbocycles. The molecule has 0 fully saturated rings. The Kier molecular flexibility index (Phi) is 9.68. The molecule has 0 radical (unpaired) electrons. The maximum absolute atomic E-state index is 13.7. The van der Waals surface area contributed by atoms with Crippen LogP contribution in [0.2, 0.25) is 5.02 Å². The molecule has 0 saturated heterocycles. The fraction of sp³-hybridized carbons (Fsp3) is 0.132. The summed E-state index contributed by atoms with van der Waals surface area (Å²) >= 11 is 6.62. The second-order valence-corrected chi connectivity index (χ2v) is 11.1. The molecule has 2 N–H and O–H groups in total. The van der Waals surface area contributed by atoms with E-state index in [1.165, 1.54) is 39.7 Å². The summed E-state index contributed by atoms with van der Waals surface area (Å²) in [6, 6.07) is 27.3. The Bertz CT molecular complexity index is 2200. The number of aromatic amines is 1. The van der Waals surface area contributed by atoms with Gasteiger partial charge in [-0.1, -0.05) is 66.2 Å². The number of rotatable bonds is 11. The molecular weight excluding hydrogens is 646 g/mol. The molecule has 0 unspecified atom stereocenters. The van der Waals surface area contributed by atoms with Crippen LogP contribution in [0.4, 0.5) is 0 Å². The summed E-state index contributed by atoms with van der Waals surface area (Å²) in [6.07, 6.45) is 1.47. The first kappa shape index (κ1) is 32.9. The first-order valence-electron chi connectivity index (χ1n) is 15.3. The number of H-pyrrole nitrogens is 1. The number of hydrazone groups is 1. The number of carbonyl (C=O) groups is 2. The van der Waals surface area contributed by atoms with Crippen LogP contribution in [0.15, 0.2) is 96.1 Å². The number of benzene rings is 5. The molecule has 10 nitrogen and oxygen atoms in total. The lowest BCUT2D eigenvalue weighted by Crippen LogP contribution is -2.19. The standard InChI is InChI=1S/C38H32ClN3O7/c1-5-48-30-18-22(14-17-29(30)49-38(44)24-19-31(45-2)36(47-4)32(20-24)46-3)21-40-42-37(43)35-33(26-12-8-9-13-28(26)39)27-16-15-23-10-6-7-11-25(23)34(27)41-35/h6-21,41H,5H2,1-4H3,(H,42,43). The number of esters is 1. The first-order valence-corrected chi connectivity index (χ1v) is 15.6. The van der Waals surface area contributed by atoms with Crippen LogP contribution in [-0.4, -0.2) is 51.0 Å². The van der Waals surface area contributed by atoms with Crippen molar-refractivity contribution >= 4 is 51.4 Å². The van der Waals surface area contributed by atoms with Gasteiger partial charge in [-0.05, 0) is 54.3 Å². The van der Waals surface area contributed by atoms with E-state index in [4.69, 9.17) is 35.3 Å². The predicted octanol–water partition coefficient (Wildman–Crippen LogP) is 8.05. The van der Waals surface area contributed by atoms with Crippen molar-refractivity contribution in [3.05, 3.63) is 113 Å². The normalized spacial score (nSPS) is 11.1. The summed E-state index contributed by atoms with van der Waals surface area (Å²) in [6.45, 7) is 2.12. The van der Waals surface area contributed by atoms with Gasteiger partial charge in [-0.2, -0.15) is 5.10 Å². The average molecular weight is 678 g/mol. The average Bonchev–Trinajstić information content (AvgIpc) is 3.52. The Morgan fingerprint density at radius 3 is 2.27 bits per heavy atom. The summed E-state index contributed by atoms with van der Waals surface area (Å²) in [4.78, 5) is 30.1. The van der Waals surface area contributed by atoms with E-state index in [-0.39, 0.29) is 11.3 Å². The maximum atomic E-state index is 13.7. The molecule has 0 bridgehead atoms. The first-order chi connectivity index (χ1) is 23.9. The van der Waals surface area contributed by atoms with Gasteiger partial charge in [-0.3, -0.25) is 4.79 Å². The lowest BCUT2D eigenvalue weighted by molar-refractivity contribution is 0.0727. The molecule has 0 aliphatic carbocycles. The van der Waals surface area contributed by atoms with Gasteiger partial charge in [0.15, 0.2) is 23.0 Å². The monoisotopic (exact) mass is 677 g/mol. The van der Waals surface area contributed by atoms with E-state index in [0.29, 0.717) is 51.4 Å². The summed E-state index contributed by atoms with van der Waals surface area (Å²) < 4.78 is 27.5. The van der Waals surface area contributed by atoms with Crippen molar-refractivity contribution in [3.63, 3.8) is 0 Å². The van der Waals surface area contributed by atoms with Crippen molar-refractivity contribution < 1.29 is 33.3 Å². The highest BCUT2D eigenvalue weighted by atomic mass is 35.5. The quantitative estimate of drug-likeness (QED) is 0.0616. The van der Waals surface area contributed by atoms with Gasteiger partial charge in [-0.15, -0.1) is 0 Å². The van der Waals surface area contributed by atoms with Crippen LogP contribution in [0.3, 0.4) is 0 Å². The highest BCUT2D eigenvalue weighted by Gasteiger charge is 2.23. The van der Waals surface area contributed by atoms with Crippen LogP contribution in [-0.2, 0) is 0 Å². The van der Waals surface area contributed by atoms with Gasteiger partial charge in [0.25, 0.3) is 5.91 Å². The van der Waals surface area contributed by atoms with Gasteiger partial charge in [-0.25, -0.2) is 10.2 Å². The molecule has 0 aliphatic rings. The van der Waals surface area contributed by atoms with Crippen molar-refractivity contribution in [3.8, 4) is 39.9 Å². The molecule has 6 rings (SSSR count). The molecule has 1 amide bonds. The summed E-state index contributed by atoms with van der Waals surface area (Å²) in [5.41, 5.74) is 5.94. The van der Waals surface area contributed by atoms with Crippen LogP contribution in [0.25, 0.3) is 32.8 Å². The molecule has 49 heavy (non-hydrogen) atoms. The zero-order valence-electron chi connectivity index (χ0n) is 27.1. The molecule has 0 atom stereocenters. The van der Waals surface area contributed by atoms with E-state index in [9.17, 15) is 9.59 Å². The van der Waals surface area contributed by atoms with Crippen molar-refractivity contribution in [2.75, 3.05) is 27.9 Å². The van der Waals surface area contributed by atoms with Crippen molar-refractivity contribution in [2.45, 2.75) is 6.92 Å². The number of amides is 1. The maximum Gasteiger partial charge on any atom is 0.343 e. The number of aromatic nitrogens is 1. The number of nitrogens with one attached hydrogen (secondary N) is 2. The molecule has 1 heterocycles. The molecule has 6 aromatic rings. The number of ether oxygens (including phenoxy) is 5. The lowest BCUT2D eigenvalue weighted by Gasteiger charge is -2.15. The third kappa shape index (κ3) is 6.59. The van der Waals surface area contributed by atoms with Crippen molar-refractivity contribution in [1.82, 2.24) is 10.4 Å². The number of halogens is 1. The fourth-order valence-electron chi connectivity index (χ4n) is 5.59. The van der Waals surface area contributed by atoms with Crippen LogP contribution >= 0.6 is 11.6 Å². The number of hydrogen-bond donors (Lipinski definition) is 2. The number of hydrogen-bond acceptors (Lipinski definition) is 8. The van der Waals surface area contributed by atoms with Gasteiger partial charge < -0.3 is 28.7 Å². The van der Waals surface area contributed by atoms with Gasteiger partial charge in [0.1, 0.15) is 5.69 Å². The van der Waals surface area contributed by atoms with E-state index >= 15 is 0 Å². The minimum atomic E-state index is -0.658. The highest BCUT2D eigenvalue weighted by Crippen LogP contribution is 2.40. The zero-order chi connectivity index (χ0) is 34.5. The number of fused-ring (bicyclic) bond motifs is 3. The summed E-state index contributed by atoms with van der Waals surface area (Å²) in [5, 5.41) is 7.61. The van der Waals surface area contributed by atoms with E-state index in [0.717, 1.165) is 27.2 Å². The molecule has 11 heteroatoms. The summed E-state index contributed by atoms with van der Waals surface area (Å²) in [7, 11) is 4.40. The molecule has 0 spiro atoms. The fourth-order valence-corrected chi connectivity index (χ4v) is 5.82. The van der Waals surface area contributed by atoms with Crippen LogP contribution < -0.4 is 29.1 Å². The molecule has 0 aliphatic heterocycles. The zero-order valence-corrected chi connectivity index (χ0v) is 27.9. The largest absolute Gasteiger partial charge is 0.493 e. The van der Waals surface area contributed by atoms with Crippen LogP contribution in [0.5, 0.6) is 28.7 Å². The van der Waals surface area contributed by atoms with Crippen LogP contribution in [0, 0.1) is 0 Å². The smallest absolute Gasteiger partial charge is 0.343 e. The van der Waals surface area contributed by atoms with Crippen molar-refractivity contribution in [1.29, 1.82) is 0 Å². The summed E-state index contributed by atoms with van der Waals surface area (Å²) in [5.74, 6) is 0.366. The lowest BCUT2D eigenvalue weighted by atomic mass is 9.99. The number of nitrogens with zero attached hydrogens (tertiary/aromatic N) is 1. The van der Waals surface area contributed by atoms with E-state index in [1.54, 1.807) is 24.3 Å². The van der Waals surface area contributed by atoms with Crippen LogP contribution in [0.1, 0.15) is 33.3 Å². The Hall–Kier alpha value is -6.00. The number of carbonyl (C=O) groups excluding carboxylic acids is 2. The van der Waals surface area contributed by atoms with E-state index < -0.39 is 11.9 Å². The van der Waals surface area contributed by atoms with Gasteiger partial charge >= 0.3 is 5.97 Å². The highest BCUT2D eigenvalue weighted by molar-refractivity contribution is 6.34. The SMILES string of the molecule is CCOc1cc(C=NNC(=O)c2[nH]c3c(ccc4ccccc43)c2-c2ccccc2Cl)ccc1OC(=O)c1cc(OC)c(OC)c(OC)c1. The third-order valence-corrected chi connectivity index (χ3v) is 8.15. The third-order valence-electron chi connectivity index (χ3n) is 7.82. The van der Waals surface area contributed by atoms with Gasteiger partial charge in [0.05, 0.1) is 45.2 Å². The second-order valence-electron chi connectivity index (χ2n) is 10.7. The Morgan fingerprint density at radius 2 is 1.55 bits per heavy atom. The van der Waals surface area contributed by atoms with Crippen molar-refractivity contribution in [2.24, 2.45) is 5.10 Å². The Labute approximate surface area is 287 Å². The van der Waals surface area contributed by atoms with E-state index in [1.807, 2.05) is 61.5 Å². The second kappa shape index (κ2) is 14.4. The predicted molar refractivity (Wildman–Crippen MR) is 190 cm³/mol. The topological polar surface area (TPSA) is 120 Å². The molecular formula is C38H32ClN3O7. The molecule has 248 valence electrons. The molecule has 1 aromatic heterocycles. The Morgan fingerprint density at radius 1 is 0.816 bits per heavy atom. The Balaban J connectivity index is 1.26. The minimum absolute atomic E-state index is 0.187. The van der Waals surface area contributed by atoms with Gasteiger partial charge in [0.2, 0.25) is 5.75 Å². The minimum Gasteiger partial charge on any atom is -0.493 e. The van der Waals surface area contributed by atoms with E-state index in [2.05, 4.69) is 15.5 Å². The molecule has 0 saturated carbocycles.